The minimum atomic E-state index is -0.0329. The minimum Gasteiger partial charge on any atom is -0.533 e. The maximum absolute atomic E-state index is 9.52. The van der Waals surface area contributed by atoms with Crippen molar-refractivity contribution in [2.75, 3.05) is 0 Å². The van der Waals surface area contributed by atoms with Crippen LogP contribution in [0.1, 0.15) is 5.56 Å². The van der Waals surface area contributed by atoms with Gasteiger partial charge in [-0.25, -0.2) is 0 Å². The van der Waals surface area contributed by atoms with E-state index in [-0.39, 0.29) is 21.3 Å². The molecule has 132 valence electrons. The number of rotatable bonds is 5. The van der Waals surface area contributed by atoms with Crippen LogP contribution in [0.3, 0.4) is 0 Å². The Morgan fingerprint density at radius 3 is 1.96 bits per heavy atom. The molecule has 0 heterocycles. The van der Waals surface area contributed by atoms with Crippen LogP contribution in [-0.4, -0.2) is 25.1 Å². The molecule has 0 spiro atoms. The van der Waals surface area contributed by atoms with Gasteiger partial charge in [-0.1, -0.05) is 54.6 Å². The Labute approximate surface area is 155 Å². The molecule has 0 aromatic heterocycles. The fourth-order valence-electron chi connectivity index (χ4n) is 2.05. The van der Waals surface area contributed by atoms with Gasteiger partial charge in [0.15, 0.2) is 5.75 Å². The van der Waals surface area contributed by atoms with E-state index < -0.39 is 0 Å². The van der Waals surface area contributed by atoms with Gasteiger partial charge < -0.3 is 19.7 Å². The largest absolute Gasteiger partial charge is 0.533 e. The van der Waals surface area contributed by atoms with Crippen molar-refractivity contribution in [3.63, 3.8) is 0 Å². The number of phenols is 3. The summed E-state index contributed by atoms with van der Waals surface area (Å²) in [5.41, 5.74) is 0.928. The summed E-state index contributed by atoms with van der Waals surface area (Å²) < 4.78 is 5.42. The Bertz CT molecular complexity index is 803. The van der Waals surface area contributed by atoms with Gasteiger partial charge >= 0.3 is 9.76 Å². The fourth-order valence-corrected chi connectivity index (χ4v) is 2.80. The standard InChI is InChI=1S/C12H10O3Si.C9H10O/c13-9-5-1-3-7-11(9)15-16-12-8-4-2-6-10(12)14;1-2-5-8-6-3-4-7-9(8)10/h1-8,13-14H;2-4,6-7,10H,1,5H2. The predicted molar refractivity (Wildman–Crippen MR) is 104 cm³/mol. The third-order valence-corrected chi connectivity index (χ3v) is 4.36. The monoisotopic (exact) mass is 364 g/mol. The number of allylic oxidation sites excluding steroid dienone is 1. The van der Waals surface area contributed by atoms with Gasteiger partial charge in [0.2, 0.25) is 0 Å². The van der Waals surface area contributed by atoms with Crippen LogP contribution in [0.5, 0.6) is 23.0 Å². The number of hydrogen-bond donors (Lipinski definition) is 3. The molecule has 2 radical (unpaired) electrons. The highest BCUT2D eigenvalue weighted by Gasteiger charge is 2.06. The predicted octanol–water partition coefficient (Wildman–Crippen LogP) is 3.54. The van der Waals surface area contributed by atoms with Crippen molar-refractivity contribution in [1.29, 1.82) is 0 Å². The summed E-state index contributed by atoms with van der Waals surface area (Å²) in [6.07, 6.45) is 2.50. The van der Waals surface area contributed by atoms with E-state index in [1.54, 1.807) is 54.6 Å². The van der Waals surface area contributed by atoms with Crippen LogP contribution in [0.25, 0.3) is 0 Å². The maximum Gasteiger partial charge on any atom is 0.355 e. The van der Waals surface area contributed by atoms with Crippen molar-refractivity contribution < 1.29 is 19.7 Å². The van der Waals surface area contributed by atoms with Crippen LogP contribution >= 0.6 is 0 Å². The summed E-state index contributed by atoms with van der Waals surface area (Å²) in [6.45, 7) is 3.59. The van der Waals surface area contributed by atoms with Crippen molar-refractivity contribution in [3.8, 4) is 23.0 Å². The molecule has 0 saturated heterocycles. The van der Waals surface area contributed by atoms with Crippen molar-refractivity contribution in [3.05, 3.63) is 91.0 Å². The maximum atomic E-state index is 9.52. The zero-order valence-corrected chi connectivity index (χ0v) is 15.2. The molecular weight excluding hydrogens is 344 g/mol. The van der Waals surface area contributed by atoms with E-state index in [2.05, 4.69) is 6.58 Å². The molecule has 0 saturated carbocycles. The lowest BCUT2D eigenvalue weighted by atomic mass is 10.1. The Balaban J connectivity index is 0.000000209. The highest BCUT2D eigenvalue weighted by molar-refractivity contribution is 6.49. The molecule has 0 bridgehead atoms. The first-order valence-corrected chi connectivity index (χ1v) is 8.89. The number of para-hydroxylation sites is 4. The van der Waals surface area contributed by atoms with Gasteiger partial charge in [-0.15, -0.1) is 6.58 Å². The van der Waals surface area contributed by atoms with Crippen LogP contribution in [-0.2, 0) is 6.42 Å². The average Bonchev–Trinajstić information content (AvgIpc) is 2.65. The molecule has 26 heavy (non-hydrogen) atoms. The van der Waals surface area contributed by atoms with Crippen LogP contribution < -0.4 is 9.61 Å². The SMILES string of the molecule is C=CCc1ccccc1O.Oc1ccccc1O[Si]c1ccccc1O. The van der Waals surface area contributed by atoms with Crippen molar-refractivity contribution in [2.45, 2.75) is 6.42 Å². The Morgan fingerprint density at radius 1 is 0.769 bits per heavy atom. The Morgan fingerprint density at radius 2 is 1.35 bits per heavy atom. The summed E-state index contributed by atoms with van der Waals surface area (Å²) in [5, 5.41) is 28.9. The average molecular weight is 364 g/mol. The molecule has 0 aliphatic rings. The van der Waals surface area contributed by atoms with Crippen molar-refractivity contribution in [2.24, 2.45) is 0 Å². The lowest BCUT2D eigenvalue weighted by Gasteiger charge is -2.07. The van der Waals surface area contributed by atoms with Crippen LogP contribution in [0.2, 0.25) is 0 Å². The number of hydrogen-bond acceptors (Lipinski definition) is 4. The van der Waals surface area contributed by atoms with Crippen LogP contribution in [0, 0.1) is 0 Å². The molecule has 0 unspecified atom stereocenters. The molecule has 3 aromatic rings. The number of benzene rings is 3. The molecule has 0 amide bonds. The minimum absolute atomic E-state index is 0.0329. The molecular formula is C21H20O4Si. The van der Waals surface area contributed by atoms with E-state index in [4.69, 9.17) is 4.43 Å². The van der Waals surface area contributed by atoms with Crippen molar-refractivity contribution >= 4 is 14.9 Å². The zero-order valence-electron chi connectivity index (χ0n) is 14.2. The highest BCUT2D eigenvalue weighted by Crippen LogP contribution is 2.23. The van der Waals surface area contributed by atoms with Crippen LogP contribution in [0.4, 0.5) is 0 Å². The zero-order chi connectivity index (χ0) is 18.8. The topological polar surface area (TPSA) is 69.9 Å². The first kappa shape index (κ1) is 19.1. The number of aromatic hydroxyl groups is 3. The molecule has 3 aromatic carbocycles. The van der Waals surface area contributed by atoms with Gasteiger partial charge in [0.05, 0.1) is 0 Å². The second-order valence-electron chi connectivity index (χ2n) is 5.31. The fraction of sp³-hybridized carbons (Fsp3) is 0.0476. The molecule has 5 heteroatoms. The lowest BCUT2D eigenvalue weighted by Crippen LogP contribution is -2.20. The van der Waals surface area contributed by atoms with Gasteiger partial charge in [0.25, 0.3) is 0 Å². The van der Waals surface area contributed by atoms with E-state index in [1.807, 2.05) is 24.3 Å². The molecule has 4 nitrogen and oxygen atoms in total. The normalized spacial score (nSPS) is 9.69. The quantitative estimate of drug-likeness (QED) is 0.478. The van der Waals surface area contributed by atoms with E-state index in [0.717, 1.165) is 12.0 Å². The van der Waals surface area contributed by atoms with E-state index in [9.17, 15) is 15.3 Å². The van der Waals surface area contributed by atoms with Crippen molar-refractivity contribution in [1.82, 2.24) is 0 Å². The summed E-state index contributed by atoms with van der Waals surface area (Å²) >= 11 is 0. The third-order valence-electron chi connectivity index (χ3n) is 3.40. The van der Waals surface area contributed by atoms with Gasteiger partial charge in [-0.2, -0.15) is 0 Å². The summed E-state index contributed by atoms with van der Waals surface area (Å²) in [5.74, 6) is 1.08. The van der Waals surface area contributed by atoms with Gasteiger partial charge in [-0.3, -0.25) is 0 Å². The molecule has 3 N–H and O–H groups in total. The van der Waals surface area contributed by atoms with Gasteiger partial charge in [0, 0.05) is 5.19 Å². The van der Waals surface area contributed by atoms with Gasteiger partial charge in [0.1, 0.15) is 17.2 Å². The highest BCUT2D eigenvalue weighted by atomic mass is 28.2. The molecule has 0 atom stereocenters. The Kier molecular flexibility index (Phi) is 7.33. The molecule has 3 rings (SSSR count). The van der Waals surface area contributed by atoms with E-state index >= 15 is 0 Å². The van der Waals surface area contributed by atoms with Crippen LogP contribution in [0.15, 0.2) is 85.5 Å². The number of phenolic OH excluding ortho intramolecular Hbond substituents is 3. The van der Waals surface area contributed by atoms with E-state index in [1.165, 1.54) is 0 Å². The summed E-state index contributed by atoms with van der Waals surface area (Å²) in [6, 6.07) is 21.0. The second kappa shape index (κ2) is 9.96. The second-order valence-corrected chi connectivity index (χ2v) is 6.26. The molecule has 0 aliphatic heterocycles. The van der Waals surface area contributed by atoms with Gasteiger partial charge in [-0.05, 0) is 36.2 Å². The Hall–Kier alpha value is -3.18. The lowest BCUT2D eigenvalue weighted by molar-refractivity contribution is 0.443. The smallest absolute Gasteiger partial charge is 0.355 e. The van der Waals surface area contributed by atoms with E-state index in [0.29, 0.717) is 16.7 Å². The summed E-state index contributed by atoms with van der Waals surface area (Å²) in [4.78, 5) is 0. The molecule has 0 fully saturated rings. The summed E-state index contributed by atoms with van der Waals surface area (Å²) in [7, 11) is -0.0329. The third kappa shape index (κ3) is 5.72. The first-order valence-electron chi connectivity index (χ1n) is 7.98. The molecule has 0 aliphatic carbocycles. The first-order chi connectivity index (χ1) is 12.6.